The SMILES string of the molecule is CC(C)(NC(=O)C1CC1c1c(F)cccc1F)c1ccc2c(c1)OCCO2. The average molecular weight is 373 g/mol. The molecule has 0 radical (unpaired) electrons. The maximum absolute atomic E-state index is 13.9. The first-order chi connectivity index (χ1) is 12.9. The van der Waals surface area contributed by atoms with Crippen LogP contribution in [0.25, 0.3) is 0 Å². The molecular formula is C21H21F2NO3. The first kappa shape index (κ1) is 17.8. The van der Waals surface area contributed by atoms with Crippen molar-refractivity contribution in [2.45, 2.75) is 31.7 Å². The van der Waals surface area contributed by atoms with E-state index in [0.717, 1.165) is 5.56 Å². The number of ether oxygens (including phenoxy) is 2. The van der Waals surface area contributed by atoms with Gasteiger partial charge in [0.2, 0.25) is 5.91 Å². The van der Waals surface area contributed by atoms with Crippen LogP contribution >= 0.6 is 0 Å². The second-order valence-corrected chi connectivity index (χ2v) is 7.56. The molecule has 4 nitrogen and oxygen atoms in total. The Morgan fingerprint density at radius 1 is 1.07 bits per heavy atom. The number of rotatable bonds is 4. The maximum Gasteiger partial charge on any atom is 0.224 e. The monoisotopic (exact) mass is 373 g/mol. The van der Waals surface area contributed by atoms with Crippen LogP contribution in [0.4, 0.5) is 8.78 Å². The number of hydrogen-bond acceptors (Lipinski definition) is 3. The lowest BCUT2D eigenvalue weighted by Crippen LogP contribution is -2.42. The molecule has 2 aliphatic rings. The third-order valence-electron chi connectivity index (χ3n) is 5.20. The third kappa shape index (κ3) is 3.36. The van der Waals surface area contributed by atoms with Crippen LogP contribution in [0.2, 0.25) is 0 Å². The summed E-state index contributed by atoms with van der Waals surface area (Å²) < 4.78 is 39.0. The molecule has 0 saturated heterocycles. The Hall–Kier alpha value is -2.63. The van der Waals surface area contributed by atoms with E-state index in [1.807, 2.05) is 32.0 Å². The van der Waals surface area contributed by atoms with Crippen LogP contribution in [0.5, 0.6) is 11.5 Å². The molecule has 4 rings (SSSR count). The Morgan fingerprint density at radius 3 is 2.44 bits per heavy atom. The van der Waals surface area contributed by atoms with Crippen LogP contribution in [0.1, 0.15) is 37.3 Å². The lowest BCUT2D eigenvalue weighted by atomic mass is 9.93. The van der Waals surface area contributed by atoms with Crippen molar-refractivity contribution in [1.82, 2.24) is 5.32 Å². The molecule has 2 aromatic rings. The van der Waals surface area contributed by atoms with Gasteiger partial charge < -0.3 is 14.8 Å². The molecule has 142 valence electrons. The van der Waals surface area contributed by atoms with Crippen LogP contribution < -0.4 is 14.8 Å². The fourth-order valence-electron chi connectivity index (χ4n) is 3.57. The predicted molar refractivity (Wildman–Crippen MR) is 95.8 cm³/mol. The van der Waals surface area contributed by atoms with Crippen LogP contribution in [0.3, 0.4) is 0 Å². The Morgan fingerprint density at radius 2 is 1.74 bits per heavy atom. The van der Waals surface area contributed by atoms with E-state index < -0.39 is 29.0 Å². The molecule has 6 heteroatoms. The third-order valence-corrected chi connectivity index (χ3v) is 5.20. The molecule has 1 N–H and O–H groups in total. The zero-order valence-corrected chi connectivity index (χ0v) is 15.2. The topological polar surface area (TPSA) is 47.6 Å². The summed E-state index contributed by atoms with van der Waals surface area (Å²) in [7, 11) is 0. The fourth-order valence-corrected chi connectivity index (χ4v) is 3.57. The molecule has 1 amide bonds. The highest BCUT2D eigenvalue weighted by Crippen LogP contribution is 2.49. The summed E-state index contributed by atoms with van der Waals surface area (Å²) in [4.78, 5) is 12.7. The summed E-state index contributed by atoms with van der Waals surface area (Å²) >= 11 is 0. The lowest BCUT2D eigenvalue weighted by Gasteiger charge is -2.29. The Balaban J connectivity index is 1.48. The van der Waals surface area contributed by atoms with E-state index in [9.17, 15) is 13.6 Å². The highest BCUT2D eigenvalue weighted by atomic mass is 19.1. The van der Waals surface area contributed by atoms with Crippen molar-refractivity contribution in [3.8, 4) is 11.5 Å². The van der Waals surface area contributed by atoms with E-state index in [-0.39, 0.29) is 11.5 Å². The summed E-state index contributed by atoms with van der Waals surface area (Å²) in [6, 6.07) is 9.35. The van der Waals surface area contributed by atoms with Gasteiger partial charge in [0.15, 0.2) is 11.5 Å². The zero-order valence-electron chi connectivity index (χ0n) is 15.2. The van der Waals surface area contributed by atoms with Crippen LogP contribution in [-0.2, 0) is 10.3 Å². The van der Waals surface area contributed by atoms with Crippen molar-refractivity contribution in [3.63, 3.8) is 0 Å². The van der Waals surface area contributed by atoms with Crippen LogP contribution in [-0.4, -0.2) is 19.1 Å². The van der Waals surface area contributed by atoms with Crippen molar-refractivity contribution >= 4 is 5.91 Å². The molecule has 0 bridgehead atoms. The van der Waals surface area contributed by atoms with Gasteiger partial charge in [0.25, 0.3) is 0 Å². The summed E-state index contributed by atoms with van der Waals surface area (Å²) in [5.74, 6) is -0.899. The molecule has 1 saturated carbocycles. The highest BCUT2D eigenvalue weighted by Gasteiger charge is 2.47. The highest BCUT2D eigenvalue weighted by molar-refractivity contribution is 5.83. The van der Waals surface area contributed by atoms with Crippen molar-refractivity contribution in [2.75, 3.05) is 13.2 Å². The van der Waals surface area contributed by atoms with E-state index in [2.05, 4.69) is 5.32 Å². The van der Waals surface area contributed by atoms with E-state index in [1.165, 1.54) is 18.2 Å². The van der Waals surface area contributed by atoms with Gasteiger partial charge in [-0.3, -0.25) is 4.79 Å². The van der Waals surface area contributed by atoms with Gasteiger partial charge in [0.1, 0.15) is 24.8 Å². The summed E-state index contributed by atoms with van der Waals surface area (Å²) in [6.45, 7) is 4.78. The van der Waals surface area contributed by atoms with Gasteiger partial charge in [-0.15, -0.1) is 0 Å². The molecule has 2 unspecified atom stereocenters. The fraction of sp³-hybridized carbons (Fsp3) is 0.381. The second-order valence-electron chi connectivity index (χ2n) is 7.56. The Bertz CT molecular complexity index is 877. The molecule has 1 aliphatic heterocycles. The summed E-state index contributed by atoms with van der Waals surface area (Å²) in [5.41, 5.74) is 0.220. The second kappa shape index (κ2) is 6.51. The first-order valence-electron chi connectivity index (χ1n) is 9.03. The van der Waals surface area contributed by atoms with Gasteiger partial charge in [-0.2, -0.15) is 0 Å². The largest absolute Gasteiger partial charge is 0.486 e. The maximum atomic E-state index is 13.9. The molecule has 27 heavy (non-hydrogen) atoms. The number of hydrogen-bond donors (Lipinski definition) is 1. The van der Waals surface area contributed by atoms with E-state index >= 15 is 0 Å². The predicted octanol–water partition coefficient (Wildman–Crippen LogP) is 3.89. The Labute approximate surface area is 156 Å². The van der Waals surface area contributed by atoms with E-state index in [1.54, 1.807) is 0 Å². The smallest absolute Gasteiger partial charge is 0.224 e. The average Bonchev–Trinajstić information content (AvgIpc) is 3.41. The standard InChI is InChI=1S/C21H21F2NO3/c1-21(2,12-6-7-17-18(10-12)27-9-8-26-17)24-20(25)14-11-13(14)19-15(22)4-3-5-16(19)23/h3-7,10,13-14H,8-9,11H2,1-2H3,(H,24,25). The molecular weight excluding hydrogens is 352 g/mol. The van der Waals surface area contributed by atoms with Gasteiger partial charge in [-0.05, 0) is 50.1 Å². The summed E-state index contributed by atoms with van der Waals surface area (Å²) in [5, 5.41) is 3.00. The number of halogens is 2. The van der Waals surface area contributed by atoms with Gasteiger partial charge in [0.05, 0.1) is 5.54 Å². The first-order valence-corrected chi connectivity index (χ1v) is 9.03. The summed E-state index contributed by atoms with van der Waals surface area (Å²) in [6.07, 6.45) is 0.445. The number of nitrogens with one attached hydrogen (secondary N) is 1. The molecule has 1 fully saturated rings. The van der Waals surface area contributed by atoms with Crippen LogP contribution in [0, 0.1) is 17.6 Å². The Kier molecular flexibility index (Phi) is 4.29. The molecule has 2 atom stereocenters. The van der Waals surface area contributed by atoms with Crippen LogP contribution in [0.15, 0.2) is 36.4 Å². The van der Waals surface area contributed by atoms with Gasteiger partial charge in [-0.1, -0.05) is 12.1 Å². The number of benzene rings is 2. The van der Waals surface area contributed by atoms with Crippen molar-refractivity contribution < 1.29 is 23.0 Å². The quantitative estimate of drug-likeness (QED) is 0.885. The minimum atomic E-state index is -0.659. The molecule has 2 aromatic carbocycles. The number of fused-ring (bicyclic) bond motifs is 1. The minimum Gasteiger partial charge on any atom is -0.486 e. The zero-order chi connectivity index (χ0) is 19.2. The van der Waals surface area contributed by atoms with Crippen molar-refractivity contribution in [3.05, 3.63) is 59.2 Å². The molecule has 1 heterocycles. The molecule has 1 aliphatic carbocycles. The van der Waals surface area contributed by atoms with E-state index in [4.69, 9.17) is 9.47 Å². The molecule has 0 spiro atoms. The van der Waals surface area contributed by atoms with Gasteiger partial charge in [0, 0.05) is 17.4 Å². The number of carbonyl (C=O) groups excluding carboxylic acids is 1. The lowest BCUT2D eigenvalue weighted by molar-refractivity contribution is -0.124. The molecule has 0 aromatic heterocycles. The minimum absolute atomic E-state index is 0.00906. The normalized spacial score (nSPS) is 20.9. The van der Waals surface area contributed by atoms with Crippen molar-refractivity contribution in [2.24, 2.45) is 5.92 Å². The number of carbonyl (C=O) groups is 1. The van der Waals surface area contributed by atoms with Crippen molar-refractivity contribution in [1.29, 1.82) is 0 Å². The number of amides is 1. The van der Waals surface area contributed by atoms with E-state index in [0.29, 0.717) is 31.1 Å². The van der Waals surface area contributed by atoms with Gasteiger partial charge >= 0.3 is 0 Å². The van der Waals surface area contributed by atoms with Gasteiger partial charge in [-0.25, -0.2) is 8.78 Å².